The summed E-state index contributed by atoms with van der Waals surface area (Å²) in [6, 6.07) is 4.96. The first kappa shape index (κ1) is 19.2. The minimum atomic E-state index is -0.334. The van der Waals surface area contributed by atoms with Crippen LogP contribution in [0, 0.1) is 13.8 Å². The summed E-state index contributed by atoms with van der Waals surface area (Å²) < 4.78 is 10.7. The average Bonchev–Trinajstić information content (AvgIpc) is 3.28. The van der Waals surface area contributed by atoms with Crippen LogP contribution in [0.5, 0.6) is 0 Å². The third-order valence-electron chi connectivity index (χ3n) is 4.48. The van der Waals surface area contributed by atoms with E-state index in [1.54, 1.807) is 13.0 Å². The maximum Gasteiger partial charge on any atom is 0.290 e. The highest BCUT2D eigenvalue weighted by Crippen LogP contribution is 2.22. The molecule has 1 aliphatic heterocycles. The van der Waals surface area contributed by atoms with E-state index in [1.165, 1.54) is 0 Å². The molecule has 2 aromatic rings. The van der Waals surface area contributed by atoms with Crippen LogP contribution in [-0.2, 0) is 11.3 Å². The Kier molecular flexibility index (Phi) is 5.65. The van der Waals surface area contributed by atoms with Crippen molar-refractivity contribution in [2.45, 2.75) is 58.8 Å². The van der Waals surface area contributed by atoms with E-state index in [4.69, 9.17) is 8.94 Å². The number of nitrogens with zero attached hydrogens (tertiary/aromatic N) is 2. The molecule has 0 aromatic carbocycles. The maximum atomic E-state index is 12.6. The zero-order valence-electron chi connectivity index (χ0n) is 16.1. The molecule has 3 heterocycles. The van der Waals surface area contributed by atoms with Crippen LogP contribution in [0.3, 0.4) is 0 Å². The standard InChI is InChI=1S/C19H26N4O4/c1-11(2)20-18(24)16-8-14(21-19(25)17-7-12(3)22-27-17)9-23(16)10-15-6-5-13(4)26-15/h5-7,11,14,16H,8-10H2,1-4H3,(H,20,24)(H,21,25)/t14-,16+/m1/s1. The molecule has 2 amide bonds. The minimum absolute atomic E-state index is 0.0412. The summed E-state index contributed by atoms with van der Waals surface area (Å²) >= 11 is 0. The van der Waals surface area contributed by atoms with Crippen molar-refractivity contribution in [1.82, 2.24) is 20.7 Å². The quantitative estimate of drug-likeness (QED) is 0.799. The van der Waals surface area contributed by atoms with Crippen molar-refractivity contribution in [1.29, 1.82) is 0 Å². The first-order valence-corrected chi connectivity index (χ1v) is 9.15. The molecule has 0 aliphatic carbocycles. The lowest BCUT2D eigenvalue weighted by molar-refractivity contribution is -0.126. The molecule has 0 bridgehead atoms. The second-order valence-corrected chi connectivity index (χ2v) is 7.36. The minimum Gasteiger partial charge on any atom is -0.465 e. The molecule has 0 unspecified atom stereocenters. The number of aryl methyl sites for hydroxylation is 2. The van der Waals surface area contributed by atoms with Crippen LogP contribution in [0.2, 0.25) is 0 Å². The van der Waals surface area contributed by atoms with Gasteiger partial charge in [0.25, 0.3) is 5.91 Å². The number of hydrogen-bond acceptors (Lipinski definition) is 6. The summed E-state index contributed by atoms with van der Waals surface area (Å²) in [6.07, 6.45) is 0.525. The molecule has 2 aromatic heterocycles. The van der Waals surface area contributed by atoms with Gasteiger partial charge in [-0.1, -0.05) is 5.16 Å². The number of amides is 2. The topological polar surface area (TPSA) is 101 Å². The van der Waals surface area contributed by atoms with Crippen molar-refractivity contribution >= 4 is 11.8 Å². The normalized spacial score (nSPS) is 20.2. The summed E-state index contributed by atoms with van der Waals surface area (Å²) in [5, 5.41) is 9.64. The summed E-state index contributed by atoms with van der Waals surface area (Å²) in [7, 11) is 0. The van der Waals surface area contributed by atoms with Gasteiger partial charge in [0.15, 0.2) is 0 Å². The van der Waals surface area contributed by atoms with E-state index >= 15 is 0 Å². The van der Waals surface area contributed by atoms with Crippen molar-refractivity contribution in [2.24, 2.45) is 0 Å². The first-order valence-electron chi connectivity index (χ1n) is 9.15. The molecule has 8 nitrogen and oxygen atoms in total. The van der Waals surface area contributed by atoms with Crippen LogP contribution in [0.4, 0.5) is 0 Å². The maximum absolute atomic E-state index is 12.6. The fraction of sp³-hybridized carbons (Fsp3) is 0.526. The molecular weight excluding hydrogens is 348 g/mol. The molecule has 3 rings (SSSR count). The molecule has 2 atom stereocenters. The van der Waals surface area contributed by atoms with Gasteiger partial charge in [-0.25, -0.2) is 0 Å². The lowest BCUT2D eigenvalue weighted by atomic mass is 10.1. The summed E-state index contributed by atoms with van der Waals surface area (Å²) in [6.45, 7) is 8.57. The van der Waals surface area contributed by atoms with Crippen molar-refractivity contribution in [3.05, 3.63) is 41.2 Å². The van der Waals surface area contributed by atoms with Crippen LogP contribution in [-0.4, -0.2) is 46.5 Å². The Morgan fingerprint density at radius 1 is 1.33 bits per heavy atom. The molecule has 146 valence electrons. The molecule has 0 spiro atoms. The predicted octanol–water partition coefficient (Wildman–Crippen LogP) is 1.78. The van der Waals surface area contributed by atoms with E-state index in [9.17, 15) is 9.59 Å². The zero-order valence-corrected chi connectivity index (χ0v) is 16.1. The van der Waals surface area contributed by atoms with Crippen molar-refractivity contribution in [2.75, 3.05) is 6.54 Å². The fourth-order valence-electron chi connectivity index (χ4n) is 3.33. The monoisotopic (exact) mass is 374 g/mol. The van der Waals surface area contributed by atoms with Gasteiger partial charge in [-0.2, -0.15) is 0 Å². The number of carbonyl (C=O) groups is 2. The molecule has 1 saturated heterocycles. The Bertz CT molecular complexity index is 810. The summed E-state index contributed by atoms with van der Waals surface area (Å²) in [5.41, 5.74) is 0.649. The SMILES string of the molecule is Cc1cc(C(=O)N[C@@H]2C[C@@H](C(=O)NC(C)C)N(Cc3ccc(C)o3)C2)on1. The van der Waals surface area contributed by atoms with Gasteiger partial charge in [0.1, 0.15) is 11.5 Å². The van der Waals surface area contributed by atoms with Gasteiger partial charge in [-0.05, 0) is 46.2 Å². The molecule has 8 heteroatoms. The molecular formula is C19H26N4O4. The highest BCUT2D eigenvalue weighted by Gasteiger charge is 2.38. The van der Waals surface area contributed by atoms with Gasteiger partial charge < -0.3 is 19.6 Å². The van der Waals surface area contributed by atoms with Crippen molar-refractivity contribution in [3.63, 3.8) is 0 Å². The molecule has 1 aliphatic rings. The Hall–Kier alpha value is -2.61. The van der Waals surface area contributed by atoms with Crippen LogP contribution >= 0.6 is 0 Å². The molecule has 0 radical (unpaired) electrons. The van der Waals surface area contributed by atoms with Crippen molar-refractivity contribution in [3.8, 4) is 0 Å². The molecule has 0 saturated carbocycles. The van der Waals surface area contributed by atoms with E-state index < -0.39 is 0 Å². The lowest BCUT2D eigenvalue weighted by Crippen LogP contribution is -2.45. The van der Waals surface area contributed by atoms with Gasteiger partial charge in [-0.3, -0.25) is 14.5 Å². The van der Waals surface area contributed by atoms with Gasteiger partial charge in [0, 0.05) is 24.7 Å². The Morgan fingerprint density at radius 3 is 2.70 bits per heavy atom. The van der Waals surface area contributed by atoms with Gasteiger partial charge in [0.2, 0.25) is 11.7 Å². The molecule has 1 fully saturated rings. The lowest BCUT2D eigenvalue weighted by Gasteiger charge is -2.23. The fourth-order valence-corrected chi connectivity index (χ4v) is 3.33. The smallest absolute Gasteiger partial charge is 0.290 e. The predicted molar refractivity (Wildman–Crippen MR) is 98.0 cm³/mol. The average molecular weight is 374 g/mol. The number of aromatic nitrogens is 1. The second-order valence-electron chi connectivity index (χ2n) is 7.36. The number of rotatable bonds is 6. The first-order chi connectivity index (χ1) is 12.8. The van der Waals surface area contributed by atoms with Crippen LogP contribution < -0.4 is 10.6 Å². The molecule has 2 N–H and O–H groups in total. The van der Waals surface area contributed by atoms with Gasteiger partial charge >= 0.3 is 0 Å². The second kappa shape index (κ2) is 7.96. The van der Waals surface area contributed by atoms with E-state index in [0.29, 0.717) is 25.2 Å². The van der Waals surface area contributed by atoms with Crippen LogP contribution in [0.1, 0.15) is 48.0 Å². The van der Waals surface area contributed by atoms with Crippen LogP contribution in [0.15, 0.2) is 27.1 Å². The molecule has 27 heavy (non-hydrogen) atoms. The van der Waals surface area contributed by atoms with Crippen LogP contribution in [0.25, 0.3) is 0 Å². The largest absolute Gasteiger partial charge is 0.465 e. The zero-order chi connectivity index (χ0) is 19.6. The number of hydrogen-bond donors (Lipinski definition) is 2. The Balaban J connectivity index is 1.69. The van der Waals surface area contributed by atoms with Gasteiger partial charge in [0.05, 0.1) is 18.3 Å². The van der Waals surface area contributed by atoms with Crippen molar-refractivity contribution < 1.29 is 18.5 Å². The van der Waals surface area contributed by atoms with E-state index in [0.717, 1.165) is 11.5 Å². The third kappa shape index (κ3) is 4.77. The highest BCUT2D eigenvalue weighted by atomic mass is 16.5. The van der Waals surface area contributed by atoms with E-state index in [1.807, 2.05) is 37.8 Å². The summed E-state index contributed by atoms with van der Waals surface area (Å²) in [5.74, 6) is 1.45. The highest BCUT2D eigenvalue weighted by molar-refractivity contribution is 5.91. The Labute approximate surface area is 158 Å². The summed E-state index contributed by atoms with van der Waals surface area (Å²) in [4.78, 5) is 27.0. The Morgan fingerprint density at radius 2 is 2.11 bits per heavy atom. The van der Waals surface area contributed by atoms with Gasteiger partial charge in [-0.15, -0.1) is 0 Å². The number of nitrogens with one attached hydrogen (secondary N) is 2. The van der Waals surface area contributed by atoms with E-state index in [2.05, 4.69) is 15.8 Å². The number of furan rings is 1. The third-order valence-corrected chi connectivity index (χ3v) is 4.48. The number of carbonyl (C=O) groups excluding carboxylic acids is 2. The van der Waals surface area contributed by atoms with E-state index in [-0.39, 0.29) is 35.7 Å². The number of likely N-dealkylation sites (tertiary alicyclic amines) is 1.